The summed E-state index contributed by atoms with van der Waals surface area (Å²) in [5, 5.41) is 8.85. The fraction of sp³-hybridized carbons (Fsp3) is 0.429. The number of carboxylic acids is 1. The largest absolute Gasteiger partial charge is 0.480 e. The highest BCUT2D eigenvalue weighted by molar-refractivity contribution is 9.10. The number of rotatable bonds is 4. The lowest BCUT2D eigenvalue weighted by Gasteiger charge is -2.24. The van der Waals surface area contributed by atoms with Gasteiger partial charge >= 0.3 is 5.97 Å². The summed E-state index contributed by atoms with van der Waals surface area (Å²) >= 11 is 4.82. The molecular formula is C14H16BrNO3S. The summed E-state index contributed by atoms with van der Waals surface area (Å²) in [5.41, 5.74) is 0. The Balaban J connectivity index is 2.01. The molecule has 0 saturated carbocycles. The van der Waals surface area contributed by atoms with Gasteiger partial charge in [0.05, 0.1) is 5.25 Å². The molecule has 20 heavy (non-hydrogen) atoms. The van der Waals surface area contributed by atoms with E-state index in [4.69, 9.17) is 5.11 Å². The second-order valence-electron chi connectivity index (χ2n) is 4.74. The topological polar surface area (TPSA) is 57.6 Å². The molecule has 1 aliphatic heterocycles. The molecule has 0 aromatic heterocycles. The summed E-state index contributed by atoms with van der Waals surface area (Å²) in [5.74, 6) is -1.00. The summed E-state index contributed by atoms with van der Waals surface area (Å²) in [6.45, 7) is 2.37. The minimum absolute atomic E-state index is 0.0946. The third kappa shape index (κ3) is 3.55. The van der Waals surface area contributed by atoms with Crippen molar-refractivity contribution in [1.82, 2.24) is 4.90 Å². The van der Waals surface area contributed by atoms with Gasteiger partial charge in [0.1, 0.15) is 6.04 Å². The standard InChI is InChI=1S/C14H16BrNO3S/c1-9(20-11-6-4-10(15)5-7-11)13(17)16-8-2-3-12(16)14(18)19/h4-7,9,12H,2-3,8H2,1H3,(H,18,19)/t9?,12-/m0/s1. The van der Waals surface area contributed by atoms with E-state index < -0.39 is 12.0 Å². The SMILES string of the molecule is CC(Sc1ccc(Br)cc1)C(=O)N1CCC[C@H]1C(=O)O. The third-order valence-electron chi connectivity index (χ3n) is 3.30. The van der Waals surface area contributed by atoms with Gasteiger partial charge in [0.2, 0.25) is 5.91 Å². The average Bonchev–Trinajstić information content (AvgIpc) is 2.90. The van der Waals surface area contributed by atoms with Crippen LogP contribution in [0.15, 0.2) is 33.6 Å². The van der Waals surface area contributed by atoms with Crippen LogP contribution in [0.25, 0.3) is 0 Å². The summed E-state index contributed by atoms with van der Waals surface area (Å²) in [4.78, 5) is 26.0. The Morgan fingerprint density at radius 1 is 1.40 bits per heavy atom. The normalized spacial score (nSPS) is 19.9. The zero-order valence-corrected chi connectivity index (χ0v) is 13.5. The maximum atomic E-state index is 12.4. The van der Waals surface area contributed by atoms with Gasteiger partial charge in [-0.3, -0.25) is 4.79 Å². The first-order chi connectivity index (χ1) is 9.49. The Morgan fingerprint density at radius 2 is 2.05 bits per heavy atom. The molecule has 1 aromatic carbocycles. The van der Waals surface area contributed by atoms with Gasteiger partial charge in [0, 0.05) is 15.9 Å². The van der Waals surface area contributed by atoms with E-state index in [2.05, 4.69) is 15.9 Å². The molecule has 1 fully saturated rings. The summed E-state index contributed by atoms with van der Waals surface area (Å²) in [6, 6.07) is 7.08. The number of carbonyl (C=O) groups is 2. The molecule has 6 heteroatoms. The monoisotopic (exact) mass is 357 g/mol. The number of aliphatic carboxylic acids is 1. The number of carbonyl (C=O) groups excluding carboxylic acids is 1. The lowest BCUT2D eigenvalue weighted by Crippen LogP contribution is -2.43. The number of hydrogen-bond acceptors (Lipinski definition) is 3. The van der Waals surface area contributed by atoms with Crippen molar-refractivity contribution in [2.24, 2.45) is 0 Å². The molecule has 1 aromatic rings. The number of thioether (sulfide) groups is 1. The lowest BCUT2D eigenvalue weighted by molar-refractivity contribution is -0.147. The van der Waals surface area contributed by atoms with Crippen LogP contribution in [-0.2, 0) is 9.59 Å². The molecule has 0 bridgehead atoms. The van der Waals surface area contributed by atoms with Crippen LogP contribution < -0.4 is 0 Å². The van der Waals surface area contributed by atoms with Crippen LogP contribution >= 0.6 is 27.7 Å². The van der Waals surface area contributed by atoms with Gasteiger partial charge in [-0.15, -0.1) is 11.8 Å². The molecule has 1 amide bonds. The number of carboxylic acid groups (broad SMARTS) is 1. The molecular weight excluding hydrogens is 342 g/mol. The van der Waals surface area contributed by atoms with Crippen molar-refractivity contribution in [1.29, 1.82) is 0 Å². The molecule has 0 spiro atoms. The van der Waals surface area contributed by atoms with Crippen LogP contribution in [0, 0.1) is 0 Å². The van der Waals surface area contributed by atoms with Gasteiger partial charge in [-0.1, -0.05) is 15.9 Å². The van der Waals surface area contributed by atoms with Crippen molar-refractivity contribution < 1.29 is 14.7 Å². The molecule has 1 saturated heterocycles. The van der Waals surface area contributed by atoms with Crippen LogP contribution in [0.5, 0.6) is 0 Å². The number of nitrogens with zero attached hydrogens (tertiary/aromatic N) is 1. The van der Waals surface area contributed by atoms with E-state index in [1.807, 2.05) is 31.2 Å². The second-order valence-corrected chi connectivity index (χ2v) is 7.07. The Kier molecular flexibility index (Phi) is 5.10. The first-order valence-electron chi connectivity index (χ1n) is 6.44. The quantitative estimate of drug-likeness (QED) is 0.841. The van der Waals surface area contributed by atoms with E-state index in [1.165, 1.54) is 16.7 Å². The molecule has 0 aliphatic carbocycles. The van der Waals surface area contributed by atoms with E-state index in [0.29, 0.717) is 13.0 Å². The van der Waals surface area contributed by atoms with Crippen molar-refractivity contribution in [2.45, 2.75) is 36.0 Å². The van der Waals surface area contributed by atoms with Gasteiger partial charge < -0.3 is 10.0 Å². The highest BCUT2D eigenvalue weighted by Gasteiger charge is 2.35. The van der Waals surface area contributed by atoms with Crippen LogP contribution in [0.3, 0.4) is 0 Å². The second kappa shape index (κ2) is 6.63. The molecule has 0 radical (unpaired) electrons. The van der Waals surface area contributed by atoms with Crippen LogP contribution in [0.4, 0.5) is 0 Å². The first-order valence-corrected chi connectivity index (χ1v) is 8.12. The Hall–Kier alpha value is -1.01. The smallest absolute Gasteiger partial charge is 0.326 e. The summed E-state index contributed by atoms with van der Waals surface area (Å²) in [6.07, 6.45) is 1.31. The van der Waals surface area contributed by atoms with Crippen molar-refractivity contribution in [2.75, 3.05) is 6.54 Å². The predicted molar refractivity (Wildman–Crippen MR) is 81.8 cm³/mol. The number of amides is 1. The fourth-order valence-corrected chi connectivity index (χ4v) is 3.49. The Bertz CT molecular complexity index is 506. The minimum Gasteiger partial charge on any atom is -0.480 e. The van der Waals surface area contributed by atoms with E-state index in [0.717, 1.165) is 15.8 Å². The molecule has 2 rings (SSSR count). The maximum Gasteiger partial charge on any atom is 0.326 e. The number of likely N-dealkylation sites (tertiary alicyclic amines) is 1. The minimum atomic E-state index is -0.906. The maximum absolute atomic E-state index is 12.4. The first kappa shape index (κ1) is 15.4. The fourth-order valence-electron chi connectivity index (χ4n) is 2.29. The van der Waals surface area contributed by atoms with Gasteiger partial charge in [-0.2, -0.15) is 0 Å². The number of halogens is 1. The molecule has 4 nitrogen and oxygen atoms in total. The molecule has 2 atom stereocenters. The zero-order valence-electron chi connectivity index (χ0n) is 11.1. The number of hydrogen-bond donors (Lipinski definition) is 1. The summed E-state index contributed by atoms with van der Waals surface area (Å²) in [7, 11) is 0. The molecule has 108 valence electrons. The summed E-state index contributed by atoms with van der Waals surface area (Å²) < 4.78 is 0.992. The number of benzene rings is 1. The van der Waals surface area contributed by atoms with E-state index in [9.17, 15) is 9.59 Å². The molecule has 1 heterocycles. The Morgan fingerprint density at radius 3 is 2.65 bits per heavy atom. The van der Waals surface area contributed by atoms with Gasteiger partial charge in [-0.25, -0.2) is 4.79 Å². The van der Waals surface area contributed by atoms with Gasteiger partial charge in [0.25, 0.3) is 0 Å². The Labute approximate surface area is 130 Å². The van der Waals surface area contributed by atoms with Gasteiger partial charge in [0.15, 0.2) is 0 Å². The van der Waals surface area contributed by atoms with Crippen molar-refractivity contribution in [3.63, 3.8) is 0 Å². The van der Waals surface area contributed by atoms with Crippen LogP contribution in [0.1, 0.15) is 19.8 Å². The highest BCUT2D eigenvalue weighted by atomic mass is 79.9. The average molecular weight is 358 g/mol. The van der Waals surface area contributed by atoms with Crippen molar-refractivity contribution >= 4 is 39.6 Å². The third-order valence-corrected chi connectivity index (χ3v) is 4.92. The molecule has 1 unspecified atom stereocenters. The predicted octanol–water partition coefficient (Wildman–Crippen LogP) is 3.01. The highest BCUT2D eigenvalue weighted by Crippen LogP contribution is 2.28. The van der Waals surface area contributed by atoms with Crippen LogP contribution in [0.2, 0.25) is 0 Å². The molecule has 1 aliphatic rings. The zero-order chi connectivity index (χ0) is 14.7. The molecule has 1 N–H and O–H groups in total. The van der Waals surface area contributed by atoms with Crippen molar-refractivity contribution in [3.05, 3.63) is 28.7 Å². The van der Waals surface area contributed by atoms with Gasteiger partial charge in [-0.05, 0) is 44.0 Å². The van der Waals surface area contributed by atoms with Crippen molar-refractivity contribution in [3.8, 4) is 0 Å². The lowest BCUT2D eigenvalue weighted by atomic mass is 10.2. The van der Waals surface area contributed by atoms with E-state index in [-0.39, 0.29) is 11.2 Å². The van der Waals surface area contributed by atoms with E-state index in [1.54, 1.807) is 0 Å². The van der Waals surface area contributed by atoms with E-state index >= 15 is 0 Å². The van der Waals surface area contributed by atoms with Crippen LogP contribution in [-0.4, -0.2) is 39.7 Å².